The van der Waals surface area contributed by atoms with E-state index in [0.717, 1.165) is 37.8 Å². The fraction of sp³-hybridized carbons (Fsp3) is 0.320. The average Bonchev–Trinajstić information content (AvgIpc) is 3.04. The summed E-state index contributed by atoms with van der Waals surface area (Å²) in [6.07, 6.45) is 2.51. The smallest absolute Gasteiger partial charge is 0.294 e. The van der Waals surface area contributed by atoms with E-state index >= 15 is 0 Å². The predicted octanol–water partition coefficient (Wildman–Crippen LogP) is 5.77. The molecule has 0 bridgehead atoms. The topological polar surface area (TPSA) is 84.9 Å². The van der Waals surface area contributed by atoms with Crippen molar-refractivity contribution in [3.8, 4) is 11.5 Å². The van der Waals surface area contributed by atoms with Crippen molar-refractivity contribution in [3.63, 3.8) is 0 Å². The van der Waals surface area contributed by atoms with E-state index in [1.165, 1.54) is 0 Å². The summed E-state index contributed by atoms with van der Waals surface area (Å²) < 4.78 is 12.3. The number of imide groups is 1. The van der Waals surface area contributed by atoms with Crippen LogP contribution in [-0.4, -0.2) is 41.7 Å². The van der Waals surface area contributed by atoms with Crippen LogP contribution in [-0.2, 0) is 9.59 Å². The maximum atomic E-state index is 12.9. The summed E-state index contributed by atoms with van der Waals surface area (Å²) in [4.78, 5) is 39.0. The van der Waals surface area contributed by atoms with Gasteiger partial charge < -0.3 is 14.8 Å². The Kier molecular flexibility index (Phi) is 8.64. The number of methoxy groups -OCH3 is 1. The number of nitrogens with zero attached hydrogens (tertiary/aromatic N) is 1. The molecule has 1 N–H and O–H groups in total. The lowest BCUT2D eigenvalue weighted by atomic mass is 10.1. The molecule has 1 fully saturated rings. The summed E-state index contributed by atoms with van der Waals surface area (Å²) in [7, 11) is 1.56. The number of hydrogen-bond acceptors (Lipinski definition) is 6. The SMILES string of the molecule is CC[C@@H](C)Oc1c(I)cc(/C=C2/SC(=O)N(CC(=O)Nc3ccc(C)c(C)c3)C2=O)cc1OC. The molecular weight excluding hydrogens is 567 g/mol. The first-order chi connectivity index (χ1) is 16.1. The first-order valence-corrected chi connectivity index (χ1v) is 12.7. The van der Waals surface area contributed by atoms with Gasteiger partial charge in [0.05, 0.1) is 21.7 Å². The highest BCUT2D eigenvalue weighted by molar-refractivity contribution is 14.1. The Bertz CT molecular complexity index is 1160. The van der Waals surface area contributed by atoms with E-state index in [0.29, 0.717) is 22.7 Å². The second-order valence-corrected chi connectivity index (χ2v) is 10.1. The predicted molar refractivity (Wildman–Crippen MR) is 143 cm³/mol. The van der Waals surface area contributed by atoms with Gasteiger partial charge in [0.1, 0.15) is 6.54 Å². The van der Waals surface area contributed by atoms with Gasteiger partial charge in [-0.25, -0.2) is 0 Å². The van der Waals surface area contributed by atoms with Crippen LogP contribution in [0.1, 0.15) is 37.0 Å². The summed E-state index contributed by atoms with van der Waals surface area (Å²) in [5, 5.41) is 2.26. The second kappa shape index (κ2) is 11.3. The molecule has 2 aromatic rings. The van der Waals surface area contributed by atoms with Crippen LogP contribution in [0.5, 0.6) is 11.5 Å². The number of benzene rings is 2. The highest BCUT2D eigenvalue weighted by atomic mass is 127. The lowest BCUT2D eigenvalue weighted by Gasteiger charge is -2.17. The summed E-state index contributed by atoms with van der Waals surface area (Å²) in [6, 6.07) is 9.17. The van der Waals surface area contributed by atoms with Crippen molar-refractivity contribution < 1.29 is 23.9 Å². The standard InChI is InChI=1S/C25H27IN2O5S/c1-6-16(4)33-23-19(26)10-17(11-20(23)32-5)12-21-24(30)28(25(31)34-21)13-22(29)27-18-8-7-14(2)15(3)9-18/h7-12,16H,6,13H2,1-5H3,(H,27,29)/b21-12+/t16-/m1/s1. The van der Waals surface area contributed by atoms with Crippen LogP contribution in [0.3, 0.4) is 0 Å². The Balaban J connectivity index is 1.75. The van der Waals surface area contributed by atoms with Gasteiger partial charge >= 0.3 is 0 Å². The first kappa shape index (κ1) is 26.1. The molecule has 1 heterocycles. The Morgan fingerprint density at radius 2 is 1.94 bits per heavy atom. The number of carbonyl (C=O) groups is 3. The molecule has 0 unspecified atom stereocenters. The van der Waals surface area contributed by atoms with E-state index in [1.807, 2.05) is 45.9 Å². The van der Waals surface area contributed by atoms with Crippen LogP contribution < -0.4 is 14.8 Å². The summed E-state index contributed by atoms with van der Waals surface area (Å²) >= 11 is 2.97. The zero-order valence-electron chi connectivity index (χ0n) is 19.7. The van der Waals surface area contributed by atoms with Crippen molar-refractivity contribution in [2.75, 3.05) is 19.0 Å². The summed E-state index contributed by atoms with van der Waals surface area (Å²) in [5.41, 5.74) is 3.47. The molecule has 0 spiro atoms. The van der Waals surface area contributed by atoms with Crippen LogP contribution in [0, 0.1) is 17.4 Å². The minimum Gasteiger partial charge on any atom is -0.493 e. The molecule has 0 aliphatic carbocycles. The Labute approximate surface area is 217 Å². The minimum atomic E-state index is -0.501. The average molecular weight is 594 g/mol. The quantitative estimate of drug-likeness (QED) is 0.309. The van der Waals surface area contributed by atoms with Crippen molar-refractivity contribution >= 4 is 63.2 Å². The third-order valence-corrected chi connectivity index (χ3v) is 7.12. The van der Waals surface area contributed by atoms with Crippen LogP contribution in [0.15, 0.2) is 35.2 Å². The molecule has 1 aliphatic rings. The van der Waals surface area contributed by atoms with E-state index in [-0.39, 0.29) is 17.6 Å². The first-order valence-electron chi connectivity index (χ1n) is 10.8. The molecule has 0 saturated carbocycles. The highest BCUT2D eigenvalue weighted by Gasteiger charge is 2.36. The van der Waals surface area contributed by atoms with E-state index in [4.69, 9.17) is 9.47 Å². The second-order valence-electron chi connectivity index (χ2n) is 7.99. The third kappa shape index (κ3) is 6.12. The Morgan fingerprint density at radius 3 is 2.59 bits per heavy atom. The lowest BCUT2D eigenvalue weighted by Crippen LogP contribution is -2.36. The van der Waals surface area contributed by atoms with Gasteiger partial charge in [0.15, 0.2) is 11.5 Å². The molecule has 180 valence electrons. The van der Waals surface area contributed by atoms with Crippen molar-refractivity contribution in [2.24, 2.45) is 0 Å². The maximum absolute atomic E-state index is 12.9. The molecule has 0 aromatic heterocycles. The zero-order valence-corrected chi connectivity index (χ0v) is 22.7. The number of anilines is 1. The molecule has 1 atom stereocenters. The summed E-state index contributed by atoms with van der Waals surface area (Å²) in [5.74, 6) is 0.255. The molecule has 3 rings (SSSR count). The van der Waals surface area contributed by atoms with Crippen LogP contribution in [0.2, 0.25) is 0 Å². The van der Waals surface area contributed by atoms with Crippen molar-refractivity contribution in [1.82, 2.24) is 4.90 Å². The van der Waals surface area contributed by atoms with E-state index in [9.17, 15) is 14.4 Å². The van der Waals surface area contributed by atoms with E-state index in [2.05, 4.69) is 27.9 Å². The van der Waals surface area contributed by atoms with Crippen molar-refractivity contribution in [3.05, 3.63) is 55.5 Å². The minimum absolute atomic E-state index is 0.0275. The van der Waals surface area contributed by atoms with Crippen LogP contribution in [0.4, 0.5) is 10.5 Å². The molecule has 34 heavy (non-hydrogen) atoms. The maximum Gasteiger partial charge on any atom is 0.294 e. The monoisotopic (exact) mass is 594 g/mol. The number of hydrogen-bond donors (Lipinski definition) is 1. The van der Waals surface area contributed by atoms with Gasteiger partial charge in [-0.05, 0) is 109 Å². The number of halogens is 1. The Morgan fingerprint density at radius 1 is 1.21 bits per heavy atom. The van der Waals surface area contributed by atoms with Crippen molar-refractivity contribution in [2.45, 2.75) is 40.2 Å². The molecule has 0 radical (unpaired) electrons. The lowest BCUT2D eigenvalue weighted by molar-refractivity contribution is -0.127. The molecule has 9 heteroatoms. The van der Waals surface area contributed by atoms with Crippen molar-refractivity contribution in [1.29, 1.82) is 0 Å². The molecule has 2 aromatic carbocycles. The molecule has 1 saturated heterocycles. The molecule has 1 aliphatic heterocycles. The number of rotatable bonds is 8. The third-order valence-electron chi connectivity index (χ3n) is 5.41. The number of aryl methyl sites for hydroxylation is 2. The van der Waals surface area contributed by atoms with Gasteiger partial charge in [-0.1, -0.05) is 13.0 Å². The van der Waals surface area contributed by atoms with Gasteiger partial charge in [-0.2, -0.15) is 0 Å². The Hall–Kier alpha value is -2.53. The van der Waals surface area contributed by atoms with Crippen LogP contribution in [0.25, 0.3) is 6.08 Å². The number of thioether (sulfide) groups is 1. The van der Waals surface area contributed by atoms with Crippen LogP contribution >= 0.6 is 34.4 Å². The van der Waals surface area contributed by atoms with Gasteiger partial charge in [-0.3, -0.25) is 19.3 Å². The fourth-order valence-electron chi connectivity index (χ4n) is 3.17. The number of amides is 3. The number of carbonyl (C=O) groups excluding carboxylic acids is 3. The number of nitrogens with one attached hydrogen (secondary N) is 1. The normalized spacial score (nSPS) is 15.6. The van der Waals surface area contributed by atoms with E-state index < -0.39 is 17.1 Å². The molecular formula is C25H27IN2O5S. The fourth-order valence-corrected chi connectivity index (χ4v) is 4.76. The van der Waals surface area contributed by atoms with Gasteiger partial charge in [-0.15, -0.1) is 0 Å². The van der Waals surface area contributed by atoms with Gasteiger partial charge in [0.25, 0.3) is 11.1 Å². The van der Waals surface area contributed by atoms with E-state index in [1.54, 1.807) is 25.3 Å². The zero-order chi connectivity index (χ0) is 25.0. The largest absolute Gasteiger partial charge is 0.493 e. The molecule has 3 amide bonds. The van der Waals surface area contributed by atoms with Gasteiger partial charge in [0.2, 0.25) is 5.91 Å². The summed E-state index contributed by atoms with van der Waals surface area (Å²) in [6.45, 7) is 7.60. The number of ether oxygens (including phenoxy) is 2. The molecule has 7 nitrogen and oxygen atoms in total. The van der Waals surface area contributed by atoms with Gasteiger partial charge in [0, 0.05) is 5.69 Å². The highest BCUT2D eigenvalue weighted by Crippen LogP contribution is 2.38.